The molecule has 0 spiro atoms. The van der Waals surface area contributed by atoms with Crippen LogP contribution in [0.5, 0.6) is 0 Å². The summed E-state index contributed by atoms with van der Waals surface area (Å²) < 4.78 is 0. The number of halogens is 1. The average Bonchev–Trinajstić information content (AvgIpc) is 2.47. The monoisotopic (exact) mass is 306 g/mol. The molecule has 0 amide bonds. The van der Waals surface area contributed by atoms with Gasteiger partial charge in [0.05, 0.1) is 16.0 Å². The highest BCUT2D eigenvalue weighted by atomic mass is 35.5. The van der Waals surface area contributed by atoms with E-state index in [1.807, 2.05) is 19.1 Å². The molecule has 0 saturated carbocycles. The summed E-state index contributed by atoms with van der Waals surface area (Å²) in [6, 6.07) is 7.32. The Labute approximate surface area is 129 Å². The lowest BCUT2D eigenvalue weighted by molar-refractivity contribution is -0.150. The van der Waals surface area contributed by atoms with Crippen LogP contribution in [0, 0.1) is 16.7 Å². The van der Waals surface area contributed by atoms with E-state index in [0.717, 1.165) is 31.5 Å². The van der Waals surface area contributed by atoms with Crippen LogP contribution in [0.15, 0.2) is 18.2 Å². The fourth-order valence-corrected chi connectivity index (χ4v) is 3.32. The topological polar surface area (TPSA) is 64.3 Å². The molecule has 21 heavy (non-hydrogen) atoms. The van der Waals surface area contributed by atoms with Gasteiger partial charge in [-0.05, 0) is 37.5 Å². The largest absolute Gasteiger partial charge is 0.481 e. The van der Waals surface area contributed by atoms with E-state index in [0.29, 0.717) is 23.6 Å². The van der Waals surface area contributed by atoms with Gasteiger partial charge >= 0.3 is 5.97 Å². The van der Waals surface area contributed by atoms with Crippen molar-refractivity contribution < 1.29 is 9.90 Å². The molecule has 2 rings (SSSR count). The van der Waals surface area contributed by atoms with Gasteiger partial charge in [-0.3, -0.25) is 4.79 Å². The van der Waals surface area contributed by atoms with Crippen molar-refractivity contribution in [3.8, 4) is 6.07 Å². The minimum Gasteiger partial charge on any atom is -0.481 e. The number of anilines is 1. The van der Waals surface area contributed by atoms with Crippen molar-refractivity contribution in [1.82, 2.24) is 0 Å². The predicted molar refractivity (Wildman–Crippen MR) is 82.6 cm³/mol. The zero-order valence-corrected chi connectivity index (χ0v) is 12.9. The van der Waals surface area contributed by atoms with Crippen LogP contribution >= 0.6 is 11.6 Å². The number of carboxylic acids is 1. The Balaban J connectivity index is 2.27. The van der Waals surface area contributed by atoms with Crippen LogP contribution in [0.25, 0.3) is 0 Å². The number of hydrogen-bond acceptors (Lipinski definition) is 3. The maximum Gasteiger partial charge on any atom is 0.311 e. The Morgan fingerprint density at radius 2 is 2.33 bits per heavy atom. The highest BCUT2D eigenvalue weighted by Gasteiger charge is 2.41. The van der Waals surface area contributed by atoms with E-state index in [2.05, 4.69) is 4.90 Å². The van der Waals surface area contributed by atoms with Gasteiger partial charge in [-0.2, -0.15) is 5.26 Å². The van der Waals surface area contributed by atoms with Crippen LogP contribution in [0.2, 0.25) is 5.02 Å². The van der Waals surface area contributed by atoms with Crippen LogP contribution in [0.3, 0.4) is 0 Å². The molecule has 1 aliphatic heterocycles. The molecule has 5 heteroatoms. The minimum absolute atomic E-state index is 0.414. The summed E-state index contributed by atoms with van der Waals surface area (Å²) in [5.74, 6) is -0.714. The minimum atomic E-state index is -0.714. The Kier molecular flexibility index (Phi) is 4.74. The van der Waals surface area contributed by atoms with Crippen molar-refractivity contribution in [2.45, 2.75) is 32.6 Å². The predicted octanol–water partition coefficient (Wildman–Crippen LogP) is 3.68. The highest BCUT2D eigenvalue weighted by Crippen LogP contribution is 2.37. The second-order valence-electron chi connectivity index (χ2n) is 5.64. The quantitative estimate of drug-likeness (QED) is 0.921. The van der Waals surface area contributed by atoms with Crippen LogP contribution in [-0.4, -0.2) is 24.2 Å². The zero-order valence-electron chi connectivity index (χ0n) is 12.1. The van der Waals surface area contributed by atoms with E-state index in [4.69, 9.17) is 16.9 Å². The van der Waals surface area contributed by atoms with Gasteiger partial charge < -0.3 is 10.0 Å². The summed E-state index contributed by atoms with van der Waals surface area (Å²) in [6.07, 6.45) is 3.11. The van der Waals surface area contributed by atoms with Crippen molar-refractivity contribution in [2.75, 3.05) is 18.0 Å². The van der Waals surface area contributed by atoms with Gasteiger partial charge in [0.25, 0.3) is 0 Å². The van der Waals surface area contributed by atoms with Gasteiger partial charge in [-0.1, -0.05) is 24.9 Å². The number of carboxylic acid groups (broad SMARTS) is 1. The number of nitrogens with zero attached hydrogens (tertiary/aromatic N) is 2. The van der Waals surface area contributed by atoms with E-state index in [-0.39, 0.29) is 0 Å². The highest BCUT2D eigenvalue weighted by molar-refractivity contribution is 6.32. The molecule has 1 N–H and O–H groups in total. The average molecular weight is 307 g/mol. The summed E-state index contributed by atoms with van der Waals surface area (Å²) in [5.41, 5.74) is 0.656. The number of hydrogen-bond donors (Lipinski definition) is 1. The van der Waals surface area contributed by atoms with E-state index in [9.17, 15) is 9.90 Å². The number of rotatable bonds is 4. The molecular formula is C16H19ClN2O2. The smallest absolute Gasteiger partial charge is 0.311 e. The molecule has 0 bridgehead atoms. The van der Waals surface area contributed by atoms with Gasteiger partial charge in [0.2, 0.25) is 0 Å². The van der Waals surface area contributed by atoms with Gasteiger partial charge in [-0.25, -0.2) is 0 Å². The molecule has 1 aromatic carbocycles. The lowest BCUT2D eigenvalue weighted by atomic mass is 9.76. The fourth-order valence-electron chi connectivity index (χ4n) is 3.11. The Bertz CT molecular complexity index is 578. The maximum absolute atomic E-state index is 11.7. The normalized spacial score (nSPS) is 21.9. The number of aliphatic carboxylic acids is 1. The fraction of sp³-hybridized carbons (Fsp3) is 0.500. The first kappa shape index (κ1) is 15.7. The third-order valence-electron chi connectivity index (χ3n) is 4.20. The first-order valence-electron chi connectivity index (χ1n) is 7.20. The molecule has 0 aliphatic carbocycles. The molecule has 1 unspecified atom stereocenters. The molecule has 1 aromatic rings. The molecule has 1 atom stereocenters. The van der Waals surface area contributed by atoms with Crippen molar-refractivity contribution in [3.05, 3.63) is 28.8 Å². The van der Waals surface area contributed by atoms with Crippen LogP contribution < -0.4 is 4.90 Å². The summed E-state index contributed by atoms with van der Waals surface area (Å²) in [5, 5.41) is 19.0. The Hall–Kier alpha value is -1.73. The van der Waals surface area contributed by atoms with E-state index in [1.165, 1.54) is 0 Å². The second-order valence-corrected chi connectivity index (χ2v) is 6.04. The van der Waals surface area contributed by atoms with Gasteiger partial charge in [0, 0.05) is 18.8 Å². The molecule has 4 nitrogen and oxygen atoms in total. The summed E-state index contributed by atoms with van der Waals surface area (Å²) >= 11 is 6.08. The number of carbonyl (C=O) groups is 1. The van der Waals surface area contributed by atoms with Crippen molar-refractivity contribution in [1.29, 1.82) is 5.26 Å². The summed E-state index contributed by atoms with van der Waals surface area (Å²) in [4.78, 5) is 13.8. The summed E-state index contributed by atoms with van der Waals surface area (Å²) in [7, 11) is 0. The van der Waals surface area contributed by atoms with Crippen molar-refractivity contribution in [3.63, 3.8) is 0 Å². The first-order valence-corrected chi connectivity index (χ1v) is 7.58. The summed E-state index contributed by atoms with van der Waals surface area (Å²) in [6.45, 7) is 3.33. The van der Waals surface area contributed by atoms with Gasteiger partial charge in [0.1, 0.15) is 6.07 Å². The Morgan fingerprint density at radius 3 is 2.90 bits per heavy atom. The molecule has 112 valence electrons. The maximum atomic E-state index is 11.7. The van der Waals surface area contributed by atoms with Gasteiger partial charge in [0.15, 0.2) is 0 Å². The van der Waals surface area contributed by atoms with Crippen LogP contribution in [0.4, 0.5) is 5.69 Å². The number of nitriles is 1. The lowest BCUT2D eigenvalue weighted by Gasteiger charge is -2.41. The van der Waals surface area contributed by atoms with Crippen molar-refractivity contribution in [2.24, 2.45) is 5.41 Å². The SMILES string of the molecule is CCCC1(C(=O)O)CCCN(c2ccc(C#N)c(Cl)c2)C1. The van der Waals surface area contributed by atoms with Crippen LogP contribution in [-0.2, 0) is 4.79 Å². The molecule has 1 aliphatic rings. The Morgan fingerprint density at radius 1 is 1.57 bits per heavy atom. The van der Waals surface area contributed by atoms with Crippen molar-refractivity contribution >= 4 is 23.3 Å². The molecule has 1 heterocycles. The molecular weight excluding hydrogens is 288 g/mol. The second kappa shape index (κ2) is 6.36. The standard InChI is InChI=1S/C16H19ClN2O2/c1-2-6-16(15(20)21)7-3-8-19(11-16)13-5-4-12(10-18)14(17)9-13/h4-5,9H,2-3,6-8,11H2,1H3,(H,20,21). The molecule has 0 aromatic heterocycles. The molecule has 1 saturated heterocycles. The number of piperidine rings is 1. The third kappa shape index (κ3) is 3.14. The van der Waals surface area contributed by atoms with Gasteiger partial charge in [-0.15, -0.1) is 0 Å². The zero-order chi connectivity index (χ0) is 15.5. The van der Waals surface area contributed by atoms with E-state index < -0.39 is 11.4 Å². The van der Waals surface area contributed by atoms with Crippen LogP contribution in [0.1, 0.15) is 38.2 Å². The first-order chi connectivity index (χ1) is 10.0. The molecule has 1 fully saturated rings. The molecule has 0 radical (unpaired) electrons. The lowest BCUT2D eigenvalue weighted by Crippen LogP contribution is -2.48. The number of benzene rings is 1. The van der Waals surface area contributed by atoms with E-state index in [1.54, 1.807) is 12.1 Å². The third-order valence-corrected chi connectivity index (χ3v) is 4.51. The van der Waals surface area contributed by atoms with E-state index >= 15 is 0 Å².